The summed E-state index contributed by atoms with van der Waals surface area (Å²) in [6, 6.07) is 0. The maximum Gasteiger partial charge on any atom is 2.00 e. The summed E-state index contributed by atoms with van der Waals surface area (Å²) in [7, 11) is -3.43. The number of allylic oxidation sites excluding steroid dienone is 14. The van der Waals surface area contributed by atoms with Crippen molar-refractivity contribution >= 4 is 39.7 Å². The van der Waals surface area contributed by atoms with Crippen molar-refractivity contribution in [2.75, 3.05) is 0 Å². The van der Waals surface area contributed by atoms with E-state index in [-0.39, 0.29) is 87.8 Å². The smallest absolute Gasteiger partial charge is 1.00 e. The zero-order chi connectivity index (χ0) is 34.9. The fourth-order valence-corrected chi connectivity index (χ4v) is 21.8. The van der Waals surface area contributed by atoms with Gasteiger partial charge in [0.1, 0.15) is 0 Å². The molecule has 0 aromatic rings. The van der Waals surface area contributed by atoms with Crippen LogP contribution in [0.1, 0.15) is 109 Å². The maximum atomic E-state index is 3.68. The molecule has 276 valence electrons. The molecule has 4 aliphatic carbocycles. The minimum atomic E-state index is -1.72. The summed E-state index contributed by atoms with van der Waals surface area (Å²) in [6.45, 7) is 38.5. The minimum absolute atomic E-state index is 0. The Kier molecular flexibility index (Phi) is 21.6. The second-order valence-corrected chi connectivity index (χ2v) is 31.3. The Balaban J connectivity index is 0. The summed E-state index contributed by atoms with van der Waals surface area (Å²) in [4.78, 5) is 0. The quantitative estimate of drug-likeness (QED) is 0.186. The second-order valence-electron chi connectivity index (χ2n) is 17.6. The van der Waals surface area contributed by atoms with Crippen molar-refractivity contribution in [1.29, 1.82) is 0 Å². The third-order valence-corrected chi connectivity index (χ3v) is 24.9. The molecule has 0 radical (unpaired) electrons. The standard InChI is InChI=1S/2C21H33SSi.2ClH.2Ti/c2*1-16(2)22-21(23(7,8)18-11-9-10-12-18)14-13-17(3)15-19(21)20(4,5)6;;;;/h2*9,11,13,15-16H,10,14H2,1-8H3;2*1H;;/q2*-1;;;2*+2/p-2. The molecule has 0 saturated carbocycles. The van der Waals surface area contributed by atoms with E-state index in [0.29, 0.717) is 10.5 Å². The van der Waals surface area contributed by atoms with Crippen LogP contribution in [0.4, 0.5) is 0 Å². The van der Waals surface area contributed by atoms with E-state index in [1.54, 1.807) is 11.1 Å². The average molecular weight is 858 g/mol. The number of halogens is 2. The van der Waals surface area contributed by atoms with E-state index in [1.807, 2.05) is 0 Å². The predicted octanol–water partition coefficient (Wildman–Crippen LogP) is 7.33. The summed E-state index contributed by atoms with van der Waals surface area (Å²) >= 11 is 4.42. The Bertz CT molecular complexity index is 1290. The van der Waals surface area contributed by atoms with Crippen molar-refractivity contribution in [1.82, 2.24) is 0 Å². The van der Waals surface area contributed by atoms with Crippen LogP contribution in [0.5, 0.6) is 0 Å². The zero-order valence-corrected chi connectivity index (χ0v) is 42.4. The van der Waals surface area contributed by atoms with Crippen molar-refractivity contribution in [3.8, 4) is 0 Å². The molecule has 2 atom stereocenters. The van der Waals surface area contributed by atoms with Gasteiger partial charge >= 0.3 is 43.4 Å². The van der Waals surface area contributed by atoms with Crippen molar-refractivity contribution in [3.05, 3.63) is 93.4 Å². The average Bonchev–Trinajstić information content (AvgIpc) is 3.65. The van der Waals surface area contributed by atoms with Crippen LogP contribution in [0.15, 0.2) is 81.3 Å². The van der Waals surface area contributed by atoms with E-state index in [2.05, 4.69) is 194 Å². The van der Waals surface area contributed by atoms with Crippen LogP contribution in [0.3, 0.4) is 0 Å². The molecule has 0 saturated heterocycles. The van der Waals surface area contributed by atoms with Gasteiger partial charge in [-0.15, -0.1) is 12.8 Å². The van der Waals surface area contributed by atoms with Crippen molar-refractivity contribution in [2.45, 2.75) is 154 Å². The van der Waals surface area contributed by atoms with Gasteiger partial charge in [0.2, 0.25) is 0 Å². The monoisotopic (exact) mass is 856 g/mol. The molecular weight excluding hydrogens is 791 g/mol. The third-order valence-electron chi connectivity index (χ3n) is 10.3. The predicted molar refractivity (Wildman–Crippen MR) is 219 cm³/mol. The molecular formula is C42H66Cl2S2Si2Ti2. The van der Waals surface area contributed by atoms with Gasteiger partial charge in [-0.25, -0.2) is 22.5 Å². The summed E-state index contributed by atoms with van der Waals surface area (Å²) in [5.41, 5.74) is 6.55. The largest absolute Gasteiger partial charge is 2.00 e. The van der Waals surface area contributed by atoms with Crippen LogP contribution < -0.4 is 24.8 Å². The van der Waals surface area contributed by atoms with Crippen LogP contribution in [-0.4, -0.2) is 35.4 Å². The van der Waals surface area contributed by atoms with Gasteiger partial charge in [-0.1, -0.05) is 142 Å². The van der Waals surface area contributed by atoms with Crippen LogP contribution in [0.2, 0.25) is 26.2 Å². The Labute approximate surface area is 362 Å². The normalized spacial score (nSPS) is 23.5. The molecule has 4 rings (SSSR count). The summed E-state index contributed by atoms with van der Waals surface area (Å²) in [6.07, 6.45) is 30.9. The molecule has 4 aliphatic rings. The van der Waals surface area contributed by atoms with Crippen LogP contribution in [0, 0.1) is 23.0 Å². The number of hydrogen-bond acceptors (Lipinski definition) is 2. The molecule has 0 aromatic heterocycles. The summed E-state index contributed by atoms with van der Waals surface area (Å²) in [5.74, 6) is 0. The number of rotatable bonds is 8. The second kappa shape index (κ2) is 20.3. The van der Waals surface area contributed by atoms with Crippen molar-refractivity contribution < 1.29 is 68.2 Å². The van der Waals surface area contributed by atoms with Crippen molar-refractivity contribution in [2.24, 2.45) is 10.8 Å². The van der Waals surface area contributed by atoms with Gasteiger partial charge in [-0.05, 0) is 48.0 Å². The first-order valence-corrected chi connectivity index (χ1v) is 25.5. The van der Waals surface area contributed by atoms with E-state index in [1.165, 1.54) is 34.4 Å². The first-order chi connectivity index (χ1) is 21.0. The molecule has 0 bridgehead atoms. The van der Waals surface area contributed by atoms with E-state index < -0.39 is 16.1 Å². The van der Waals surface area contributed by atoms with E-state index in [0.717, 1.165) is 12.8 Å². The van der Waals surface area contributed by atoms with Gasteiger partial charge in [-0.3, -0.25) is 12.2 Å². The zero-order valence-electron chi connectivity index (χ0n) is 34.2. The molecule has 0 N–H and O–H groups in total. The van der Waals surface area contributed by atoms with Crippen LogP contribution in [-0.2, 0) is 43.4 Å². The van der Waals surface area contributed by atoms with Gasteiger partial charge in [0.05, 0.1) is 16.1 Å². The number of thioether (sulfide) groups is 2. The molecule has 0 amide bonds. The minimum Gasteiger partial charge on any atom is -1.00 e. The van der Waals surface area contributed by atoms with Crippen molar-refractivity contribution in [3.63, 3.8) is 0 Å². The fourth-order valence-electron chi connectivity index (χ4n) is 7.89. The topological polar surface area (TPSA) is 0 Å². The Morgan fingerprint density at radius 3 is 1.14 bits per heavy atom. The maximum absolute atomic E-state index is 3.68. The molecule has 8 heteroatoms. The molecule has 0 heterocycles. The molecule has 0 aliphatic heterocycles. The Morgan fingerprint density at radius 2 is 0.920 bits per heavy atom. The van der Waals surface area contributed by atoms with Gasteiger partial charge in [-0.2, -0.15) is 35.7 Å². The van der Waals surface area contributed by atoms with Gasteiger partial charge in [0.25, 0.3) is 0 Å². The molecule has 0 aromatic carbocycles. The third kappa shape index (κ3) is 11.5. The van der Waals surface area contributed by atoms with E-state index in [9.17, 15) is 0 Å². The van der Waals surface area contributed by atoms with Crippen LogP contribution in [0.25, 0.3) is 0 Å². The fraction of sp³-hybridized carbons (Fsp3) is 0.619. The summed E-state index contributed by atoms with van der Waals surface area (Å²) < 4.78 is 0.464. The van der Waals surface area contributed by atoms with Gasteiger partial charge in [0.15, 0.2) is 0 Å². The molecule has 0 spiro atoms. The Morgan fingerprint density at radius 1 is 0.620 bits per heavy atom. The SMILES string of the molecule is CC1=CCC(SC(C)C)([Si](C)(C)C2=[C-]CC=C2)C(C(C)(C)C)=C1.CC1=CCC(SC(C)C)([Si](C)(C)C2=[C-]CC=C2)C(C(C)(C)C)=C1.[Cl-].[Cl-].[Ti+2].[Ti+2]. The van der Waals surface area contributed by atoms with E-state index in [4.69, 9.17) is 0 Å². The molecule has 0 fully saturated rings. The number of hydrogen-bond donors (Lipinski definition) is 0. The van der Waals surface area contributed by atoms with Crippen LogP contribution >= 0.6 is 23.5 Å². The molecule has 50 heavy (non-hydrogen) atoms. The first kappa shape index (κ1) is 53.2. The Hall–Kier alpha value is 1.06. The van der Waals surface area contributed by atoms with E-state index >= 15 is 0 Å². The molecule has 0 nitrogen and oxygen atoms in total. The molecule has 2 unspecified atom stereocenters. The van der Waals surface area contributed by atoms with Gasteiger partial charge < -0.3 is 24.8 Å². The van der Waals surface area contributed by atoms with Gasteiger partial charge in [0, 0.05) is 8.74 Å². The summed E-state index contributed by atoms with van der Waals surface area (Å²) in [5, 5.41) is 4.30. The first-order valence-electron chi connectivity index (χ1n) is 17.7.